The van der Waals surface area contributed by atoms with Crippen LogP contribution in [0.25, 0.3) is 0 Å². The smallest absolute Gasteiger partial charge is 0.269 e. The third kappa shape index (κ3) is 8.49. The molecule has 36 heavy (non-hydrogen) atoms. The zero-order chi connectivity index (χ0) is 25.8. The van der Waals surface area contributed by atoms with Gasteiger partial charge in [-0.05, 0) is 44.1 Å². The first-order chi connectivity index (χ1) is 17.5. The number of allylic oxidation sites excluding steroid dienone is 1. The lowest BCUT2D eigenvalue weighted by atomic mass is 10.1. The second-order valence-electron chi connectivity index (χ2n) is 9.42. The summed E-state index contributed by atoms with van der Waals surface area (Å²) < 4.78 is 0. The third-order valence-electron chi connectivity index (χ3n) is 6.29. The van der Waals surface area contributed by atoms with E-state index < -0.39 is 0 Å². The molecule has 3 aliphatic heterocycles. The number of hydrogen-bond donors (Lipinski definition) is 4. The van der Waals surface area contributed by atoms with E-state index in [-0.39, 0.29) is 11.8 Å². The number of nitrogens with one attached hydrogen (secondary N) is 4. The Kier molecular flexibility index (Phi) is 11.0. The van der Waals surface area contributed by atoms with Crippen LogP contribution < -0.4 is 26.2 Å². The molecule has 4 N–H and O–H groups in total. The Morgan fingerprint density at radius 2 is 1.83 bits per heavy atom. The first kappa shape index (κ1) is 27.4. The van der Waals surface area contributed by atoms with Gasteiger partial charge in [-0.2, -0.15) is 0 Å². The van der Waals surface area contributed by atoms with Gasteiger partial charge in [0.15, 0.2) is 0 Å². The van der Waals surface area contributed by atoms with Gasteiger partial charge in [-0.25, -0.2) is 9.98 Å². The molecule has 0 spiro atoms. The van der Waals surface area contributed by atoms with Crippen LogP contribution in [-0.4, -0.2) is 75.0 Å². The largest absolute Gasteiger partial charge is 0.368 e. The number of aliphatic imine (C=N–C) groups is 1. The fraction of sp³-hybridized carbons (Fsp3) is 0.519. The van der Waals surface area contributed by atoms with E-state index in [9.17, 15) is 4.79 Å². The van der Waals surface area contributed by atoms with Gasteiger partial charge in [-0.3, -0.25) is 4.79 Å². The fourth-order valence-electron chi connectivity index (χ4n) is 4.22. The van der Waals surface area contributed by atoms with Crippen molar-refractivity contribution >= 4 is 23.2 Å². The molecule has 9 nitrogen and oxygen atoms in total. The van der Waals surface area contributed by atoms with E-state index in [1.54, 1.807) is 19.0 Å². The molecule has 0 aliphatic carbocycles. The van der Waals surface area contributed by atoms with Crippen molar-refractivity contribution in [3.8, 4) is 0 Å². The van der Waals surface area contributed by atoms with Crippen molar-refractivity contribution in [3.63, 3.8) is 0 Å². The van der Waals surface area contributed by atoms with Gasteiger partial charge in [-0.1, -0.05) is 26.3 Å². The normalized spacial score (nSPS) is 21.5. The predicted octanol–water partition coefficient (Wildman–Crippen LogP) is 2.69. The van der Waals surface area contributed by atoms with E-state index in [1.165, 1.54) is 45.0 Å². The van der Waals surface area contributed by atoms with Gasteiger partial charge in [0, 0.05) is 64.2 Å². The molecule has 1 unspecified atom stereocenters. The second-order valence-corrected chi connectivity index (χ2v) is 9.42. The number of anilines is 2. The van der Waals surface area contributed by atoms with Crippen LogP contribution in [0.1, 0.15) is 32.6 Å². The van der Waals surface area contributed by atoms with Crippen LogP contribution >= 0.6 is 0 Å². The van der Waals surface area contributed by atoms with Crippen molar-refractivity contribution < 1.29 is 4.79 Å². The minimum absolute atomic E-state index is 0.0550. The Labute approximate surface area is 215 Å². The van der Waals surface area contributed by atoms with Crippen molar-refractivity contribution in [2.45, 2.75) is 32.6 Å². The highest BCUT2D eigenvalue weighted by Crippen LogP contribution is 2.21. The molecule has 196 valence electrons. The van der Waals surface area contributed by atoms with Crippen LogP contribution in [0.3, 0.4) is 0 Å². The lowest BCUT2D eigenvalue weighted by Gasteiger charge is -2.29. The molecule has 1 aromatic rings. The maximum Gasteiger partial charge on any atom is 0.269 e. The van der Waals surface area contributed by atoms with Crippen LogP contribution in [0, 0.1) is 5.92 Å². The van der Waals surface area contributed by atoms with Crippen LogP contribution in [0.4, 0.5) is 11.5 Å². The molecule has 0 aromatic carbocycles. The third-order valence-corrected chi connectivity index (χ3v) is 6.29. The molecule has 4 rings (SSSR count). The summed E-state index contributed by atoms with van der Waals surface area (Å²) in [5.41, 5.74) is 2.57. The van der Waals surface area contributed by atoms with Crippen LogP contribution in [0.15, 0.2) is 59.6 Å². The van der Waals surface area contributed by atoms with Gasteiger partial charge in [0.1, 0.15) is 17.4 Å². The van der Waals surface area contributed by atoms with Crippen LogP contribution in [-0.2, 0) is 4.79 Å². The molecule has 1 amide bonds. The summed E-state index contributed by atoms with van der Waals surface area (Å²) in [6, 6.07) is 4.00. The van der Waals surface area contributed by atoms with Crippen molar-refractivity contribution in [1.29, 1.82) is 0 Å². The topological polar surface area (TPSA) is 96.9 Å². The number of aromatic nitrogens is 1. The lowest BCUT2D eigenvalue weighted by Crippen LogP contribution is -2.43. The summed E-state index contributed by atoms with van der Waals surface area (Å²) in [4.78, 5) is 24.9. The highest BCUT2D eigenvalue weighted by Gasteiger charge is 2.23. The van der Waals surface area contributed by atoms with Gasteiger partial charge in [0.05, 0.1) is 11.9 Å². The molecular formula is C27H42N8O. The van der Waals surface area contributed by atoms with Crippen molar-refractivity contribution in [1.82, 2.24) is 25.8 Å². The molecular weight excluding hydrogens is 452 g/mol. The summed E-state index contributed by atoms with van der Waals surface area (Å²) >= 11 is 0. The SMILES string of the molecule is C1CCCNCC1.C=CN=C(/C=C1/NC(C(=O)N(C)C)=CC1C)Nc1ccc(N2CCNCC2)cn1. The van der Waals surface area contributed by atoms with Gasteiger partial charge in [0.25, 0.3) is 5.91 Å². The molecule has 2 saturated heterocycles. The first-order valence-electron chi connectivity index (χ1n) is 13.0. The molecule has 0 bridgehead atoms. The van der Waals surface area contributed by atoms with Crippen LogP contribution in [0.2, 0.25) is 0 Å². The quantitative estimate of drug-likeness (QED) is 0.369. The minimum atomic E-state index is -0.0550. The molecule has 0 radical (unpaired) electrons. The zero-order valence-corrected chi connectivity index (χ0v) is 22.0. The fourth-order valence-corrected chi connectivity index (χ4v) is 4.22. The number of hydrogen-bond acceptors (Lipinski definition) is 7. The Morgan fingerprint density at radius 3 is 2.44 bits per heavy atom. The summed E-state index contributed by atoms with van der Waals surface area (Å²) in [6.07, 6.45) is 12.8. The molecule has 1 aromatic heterocycles. The average Bonchev–Trinajstić information content (AvgIpc) is 3.06. The maximum atomic E-state index is 12.2. The zero-order valence-electron chi connectivity index (χ0n) is 22.0. The Hall–Kier alpha value is -3.17. The molecule has 0 saturated carbocycles. The van der Waals surface area contributed by atoms with E-state index >= 15 is 0 Å². The number of likely N-dealkylation sites (N-methyl/N-ethyl adjacent to an activating group) is 1. The highest BCUT2D eigenvalue weighted by molar-refractivity contribution is 6.04. The number of rotatable bonds is 5. The van der Waals surface area contributed by atoms with E-state index in [4.69, 9.17) is 0 Å². The monoisotopic (exact) mass is 494 g/mol. The van der Waals surface area contributed by atoms with Crippen molar-refractivity contribution in [2.75, 3.05) is 63.6 Å². The second kappa shape index (κ2) is 14.4. The van der Waals surface area contributed by atoms with Gasteiger partial charge in [0.2, 0.25) is 0 Å². The van der Waals surface area contributed by atoms with Crippen LogP contribution in [0.5, 0.6) is 0 Å². The van der Waals surface area contributed by atoms with Crippen molar-refractivity contribution in [2.24, 2.45) is 10.9 Å². The Bertz CT molecular complexity index is 925. The minimum Gasteiger partial charge on any atom is -0.368 e. The maximum absolute atomic E-state index is 12.2. The number of amides is 1. The van der Waals surface area contributed by atoms with Gasteiger partial charge in [-0.15, -0.1) is 0 Å². The Balaban J connectivity index is 0.000000444. The number of carbonyl (C=O) groups is 1. The van der Waals surface area contributed by atoms with E-state index in [0.717, 1.165) is 37.6 Å². The molecule has 1 atom stereocenters. The summed E-state index contributed by atoms with van der Waals surface area (Å²) in [5.74, 6) is 1.32. The van der Waals surface area contributed by atoms with Gasteiger partial charge < -0.3 is 31.1 Å². The lowest BCUT2D eigenvalue weighted by molar-refractivity contribution is -0.125. The first-order valence-corrected chi connectivity index (χ1v) is 13.0. The highest BCUT2D eigenvalue weighted by atomic mass is 16.2. The number of piperazine rings is 1. The summed E-state index contributed by atoms with van der Waals surface area (Å²) in [7, 11) is 3.47. The Morgan fingerprint density at radius 1 is 1.14 bits per heavy atom. The average molecular weight is 495 g/mol. The number of amidine groups is 1. The standard InChI is InChI=1S/C21H29N7O.C6H13N/c1-5-23-20(13-17-15(2)12-18(25-17)21(29)27(3)4)26-19-7-6-16(14-24-19)28-10-8-22-9-11-28;1-2-4-6-7-5-3-1/h5-7,12-15,22,25H,1,8-11H2,2-4H3,(H,23,24,26);7H,1-6H2/b17-13+;. The van der Waals surface area contributed by atoms with Gasteiger partial charge >= 0.3 is 0 Å². The summed E-state index contributed by atoms with van der Waals surface area (Å²) in [6.45, 7) is 12.2. The summed E-state index contributed by atoms with van der Waals surface area (Å²) in [5, 5.41) is 13.1. The van der Waals surface area contributed by atoms with Crippen molar-refractivity contribution in [3.05, 3.63) is 54.7 Å². The number of carbonyl (C=O) groups excluding carboxylic acids is 1. The molecule has 4 heterocycles. The van der Waals surface area contributed by atoms with E-state index in [0.29, 0.717) is 17.4 Å². The predicted molar refractivity (Wildman–Crippen MR) is 149 cm³/mol. The van der Waals surface area contributed by atoms with E-state index in [1.807, 2.05) is 31.3 Å². The number of pyridine rings is 1. The molecule has 9 heteroatoms. The van der Waals surface area contributed by atoms with E-state index in [2.05, 4.69) is 48.8 Å². The molecule has 2 fully saturated rings. The number of nitrogens with zero attached hydrogens (tertiary/aromatic N) is 4. The molecule has 3 aliphatic rings.